The molecule has 1 saturated carbocycles. The predicted octanol–water partition coefficient (Wildman–Crippen LogP) is 3.30. The van der Waals surface area contributed by atoms with Crippen LogP contribution >= 0.6 is 24.0 Å². The van der Waals surface area contributed by atoms with E-state index in [0.29, 0.717) is 5.02 Å². The largest absolute Gasteiger partial charge is 0.355 e. The number of rotatable bonds is 6. The Kier molecular flexibility index (Phi) is 7.50. The molecule has 5 heteroatoms. The van der Waals surface area contributed by atoms with E-state index in [9.17, 15) is 4.79 Å². The smallest absolute Gasteiger partial charge is 0.230 e. The molecule has 0 saturated heterocycles. The molecule has 0 spiro atoms. The Morgan fingerprint density at radius 3 is 2.62 bits per heavy atom. The van der Waals surface area contributed by atoms with Gasteiger partial charge >= 0.3 is 0 Å². The van der Waals surface area contributed by atoms with Crippen LogP contribution in [-0.2, 0) is 10.2 Å². The Hall–Kier alpha value is -0.770. The lowest BCUT2D eigenvalue weighted by Gasteiger charge is -2.28. The quantitative estimate of drug-likeness (QED) is 0.786. The van der Waals surface area contributed by atoms with Gasteiger partial charge < -0.3 is 10.6 Å². The van der Waals surface area contributed by atoms with E-state index < -0.39 is 0 Å². The van der Waals surface area contributed by atoms with Gasteiger partial charge in [0.05, 0.1) is 5.41 Å². The Balaban J connectivity index is 0.00000220. The Labute approximate surface area is 138 Å². The highest BCUT2D eigenvalue weighted by Gasteiger charge is 2.42. The maximum atomic E-state index is 12.7. The van der Waals surface area contributed by atoms with E-state index in [4.69, 9.17) is 11.6 Å². The van der Waals surface area contributed by atoms with E-state index >= 15 is 0 Å². The molecule has 2 rings (SSSR count). The van der Waals surface area contributed by atoms with Crippen molar-refractivity contribution in [2.75, 3.05) is 20.1 Å². The third kappa shape index (κ3) is 4.35. The molecule has 1 aliphatic rings. The number of carbonyl (C=O) groups is 1. The SMILES string of the molecule is CNCCCNC(=O)C1(c2cccc(Cl)c2)CCCC1.Cl. The number of benzene rings is 1. The molecule has 0 bridgehead atoms. The molecule has 2 N–H and O–H groups in total. The molecule has 1 amide bonds. The van der Waals surface area contributed by atoms with Crippen LogP contribution in [0.15, 0.2) is 24.3 Å². The molecule has 0 heterocycles. The van der Waals surface area contributed by atoms with Crippen molar-refractivity contribution in [3.05, 3.63) is 34.9 Å². The third-order valence-corrected chi connectivity index (χ3v) is 4.39. The monoisotopic (exact) mass is 330 g/mol. The maximum absolute atomic E-state index is 12.7. The lowest BCUT2D eigenvalue weighted by atomic mass is 9.78. The first-order chi connectivity index (χ1) is 9.69. The minimum Gasteiger partial charge on any atom is -0.355 e. The van der Waals surface area contributed by atoms with Crippen LogP contribution in [0.25, 0.3) is 0 Å². The number of hydrogen-bond acceptors (Lipinski definition) is 2. The van der Waals surface area contributed by atoms with Crippen LogP contribution in [0.2, 0.25) is 5.02 Å². The van der Waals surface area contributed by atoms with Crippen molar-refractivity contribution in [1.82, 2.24) is 10.6 Å². The van der Waals surface area contributed by atoms with Crippen molar-refractivity contribution in [3.8, 4) is 0 Å². The van der Waals surface area contributed by atoms with E-state index in [2.05, 4.69) is 10.6 Å². The normalized spacial score (nSPS) is 16.3. The van der Waals surface area contributed by atoms with Crippen molar-refractivity contribution in [2.45, 2.75) is 37.5 Å². The van der Waals surface area contributed by atoms with Gasteiger partial charge in [-0.05, 0) is 50.6 Å². The fourth-order valence-electron chi connectivity index (χ4n) is 3.05. The molecule has 0 atom stereocenters. The van der Waals surface area contributed by atoms with Gasteiger partial charge in [-0.3, -0.25) is 4.79 Å². The molecule has 21 heavy (non-hydrogen) atoms. The van der Waals surface area contributed by atoms with E-state index in [1.807, 2.05) is 31.3 Å². The van der Waals surface area contributed by atoms with Gasteiger partial charge in [-0.2, -0.15) is 0 Å². The summed E-state index contributed by atoms with van der Waals surface area (Å²) in [6, 6.07) is 7.77. The molecular weight excluding hydrogens is 307 g/mol. The minimum atomic E-state index is -0.370. The third-order valence-electron chi connectivity index (χ3n) is 4.16. The zero-order valence-corrected chi connectivity index (χ0v) is 14.0. The molecule has 118 valence electrons. The summed E-state index contributed by atoms with van der Waals surface area (Å²) in [4.78, 5) is 12.7. The molecule has 1 fully saturated rings. The lowest BCUT2D eigenvalue weighted by molar-refractivity contribution is -0.126. The fraction of sp³-hybridized carbons (Fsp3) is 0.562. The summed E-state index contributed by atoms with van der Waals surface area (Å²) in [5, 5.41) is 6.89. The second kappa shape index (κ2) is 8.62. The average molecular weight is 331 g/mol. The zero-order valence-electron chi connectivity index (χ0n) is 12.5. The van der Waals surface area contributed by atoms with Crippen molar-refractivity contribution >= 4 is 29.9 Å². The van der Waals surface area contributed by atoms with E-state index in [0.717, 1.165) is 50.8 Å². The molecule has 1 aliphatic carbocycles. The molecule has 0 aliphatic heterocycles. The second-order valence-electron chi connectivity index (χ2n) is 5.51. The summed E-state index contributed by atoms with van der Waals surface area (Å²) >= 11 is 6.10. The van der Waals surface area contributed by atoms with Crippen LogP contribution in [0.4, 0.5) is 0 Å². The van der Waals surface area contributed by atoms with Gasteiger partial charge in [0.1, 0.15) is 0 Å². The standard InChI is InChI=1S/C16H23ClN2O.ClH/c1-18-10-5-11-19-15(20)16(8-2-3-9-16)13-6-4-7-14(17)12-13;/h4,6-7,12,18H,2-3,5,8-11H2,1H3,(H,19,20);1H. The number of nitrogens with one attached hydrogen (secondary N) is 2. The molecular formula is C16H24Cl2N2O. The minimum absolute atomic E-state index is 0. The van der Waals surface area contributed by atoms with Crippen LogP contribution in [0.3, 0.4) is 0 Å². The van der Waals surface area contributed by atoms with E-state index in [-0.39, 0.29) is 23.7 Å². The number of halogens is 2. The van der Waals surface area contributed by atoms with Gasteiger partial charge in [0.25, 0.3) is 0 Å². The first-order valence-electron chi connectivity index (χ1n) is 7.38. The van der Waals surface area contributed by atoms with Crippen molar-refractivity contribution in [2.24, 2.45) is 0 Å². The molecule has 3 nitrogen and oxygen atoms in total. The van der Waals surface area contributed by atoms with Gasteiger partial charge in [-0.25, -0.2) is 0 Å². The highest BCUT2D eigenvalue weighted by atomic mass is 35.5. The molecule has 0 aromatic heterocycles. The number of hydrogen-bond donors (Lipinski definition) is 2. The van der Waals surface area contributed by atoms with Gasteiger partial charge in [0.15, 0.2) is 0 Å². The Morgan fingerprint density at radius 1 is 1.29 bits per heavy atom. The van der Waals surface area contributed by atoms with Crippen LogP contribution in [-0.4, -0.2) is 26.0 Å². The van der Waals surface area contributed by atoms with E-state index in [1.54, 1.807) is 0 Å². The van der Waals surface area contributed by atoms with Crippen molar-refractivity contribution in [3.63, 3.8) is 0 Å². The zero-order chi connectivity index (χ0) is 14.4. The van der Waals surface area contributed by atoms with Gasteiger partial charge in [0.2, 0.25) is 5.91 Å². The summed E-state index contributed by atoms with van der Waals surface area (Å²) in [7, 11) is 1.92. The van der Waals surface area contributed by atoms with Crippen molar-refractivity contribution in [1.29, 1.82) is 0 Å². The molecule has 0 radical (unpaired) electrons. The Morgan fingerprint density at radius 2 is 2.00 bits per heavy atom. The summed E-state index contributed by atoms with van der Waals surface area (Å²) < 4.78 is 0. The maximum Gasteiger partial charge on any atom is 0.230 e. The van der Waals surface area contributed by atoms with Crippen LogP contribution < -0.4 is 10.6 Å². The second-order valence-corrected chi connectivity index (χ2v) is 5.95. The van der Waals surface area contributed by atoms with Crippen molar-refractivity contribution < 1.29 is 4.79 Å². The first kappa shape index (κ1) is 18.3. The topological polar surface area (TPSA) is 41.1 Å². The molecule has 0 unspecified atom stereocenters. The summed E-state index contributed by atoms with van der Waals surface area (Å²) in [5.41, 5.74) is 0.693. The van der Waals surface area contributed by atoms with E-state index in [1.165, 1.54) is 0 Å². The fourth-order valence-corrected chi connectivity index (χ4v) is 3.24. The highest BCUT2D eigenvalue weighted by molar-refractivity contribution is 6.30. The van der Waals surface area contributed by atoms with Gasteiger partial charge in [-0.15, -0.1) is 12.4 Å². The molecule has 1 aromatic rings. The summed E-state index contributed by atoms with van der Waals surface area (Å²) in [5.74, 6) is 0.161. The number of amides is 1. The molecule has 1 aromatic carbocycles. The first-order valence-corrected chi connectivity index (χ1v) is 7.76. The van der Waals surface area contributed by atoms with Crippen LogP contribution in [0.1, 0.15) is 37.7 Å². The summed E-state index contributed by atoms with van der Waals surface area (Å²) in [6.07, 6.45) is 5.01. The Bertz CT molecular complexity index is 459. The average Bonchev–Trinajstić information content (AvgIpc) is 2.94. The highest BCUT2D eigenvalue weighted by Crippen LogP contribution is 2.41. The van der Waals surface area contributed by atoms with Crippen LogP contribution in [0, 0.1) is 0 Å². The predicted molar refractivity (Wildman–Crippen MR) is 90.4 cm³/mol. The van der Waals surface area contributed by atoms with Gasteiger partial charge in [-0.1, -0.05) is 36.6 Å². The lowest BCUT2D eigenvalue weighted by Crippen LogP contribution is -2.43. The van der Waals surface area contributed by atoms with Gasteiger partial charge in [0, 0.05) is 11.6 Å². The van der Waals surface area contributed by atoms with Crippen LogP contribution in [0.5, 0.6) is 0 Å². The number of carbonyl (C=O) groups excluding carboxylic acids is 1. The summed E-state index contributed by atoms with van der Waals surface area (Å²) in [6.45, 7) is 1.65.